The van der Waals surface area contributed by atoms with E-state index in [0.29, 0.717) is 17.9 Å². The number of hydrogen-bond donors (Lipinski definition) is 3. The maximum Gasteiger partial charge on any atom is 0.220 e. The molecule has 23 heavy (non-hydrogen) atoms. The van der Waals surface area contributed by atoms with Crippen molar-refractivity contribution in [2.75, 3.05) is 6.54 Å². The minimum atomic E-state index is -0.813. The van der Waals surface area contributed by atoms with E-state index in [4.69, 9.17) is 0 Å². The maximum atomic E-state index is 12.1. The second-order valence-corrected chi connectivity index (χ2v) is 6.16. The number of hydrogen-bond acceptors (Lipinski definition) is 3. The number of aliphatic hydroxyl groups excluding tert-OH is 1. The Kier molecular flexibility index (Phi) is 4.63. The van der Waals surface area contributed by atoms with E-state index in [1.807, 2.05) is 12.1 Å². The van der Waals surface area contributed by atoms with Crippen molar-refractivity contribution < 1.29 is 15.0 Å². The lowest BCUT2D eigenvalue weighted by atomic mass is 10.0. The molecule has 4 nitrogen and oxygen atoms in total. The van der Waals surface area contributed by atoms with Gasteiger partial charge in [0.25, 0.3) is 0 Å². The van der Waals surface area contributed by atoms with Crippen LogP contribution in [0.1, 0.15) is 29.2 Å². The van der Waals surface area contributed by atoms with Crippen LogP contribution in [-0.2, 0) is 17.6 Å². The highest BCUT2D eigenvalue weighted by molar-refractivity contribution is 5.76. The van der Waals surface area contributed by atoms with Crippen molar-refractivity contribution in [1.82, 2.24) is 5.32 Å². The van der Waals surface area contributed by atoms with E-state index in [1.54, 1.807) is 18.2 Å². The van der Waals surface area contributed by atoms with Crippen molar-refractivity contribution in [2.24, 2.45) is 5.92 Å². The highest BCUT2D eigenvalue weighted by atomic mass is 16.3. The van der Waals surface area contributed by atoms with Crippen molar-refractivity contribution in [3.63, 3.8) is 0 Å². The Hall–Kier alpha value is -2.33. The lowest BCUT2D eigenvalue weighted by molar-refractivity contribution is -0.122. The summed E-state index contributed by atoms with van der Waals surface area (Å²) in [6.07, 6.45) is 1.55. The molecule has 1 aliphatic carbocycles. The minimum absolute atomic E-state index is 0.0398. The van der Waals surface area contributed by atoms with Crippen LogP contribution >= 0.6 is 0 Å². The quantitative estimate of drug-likeness (QED) is 0.794. The SMILES string of the molecule is O=C(CC1Cc2ccccc2C1)NCC(O)c1cccc(O)c1. The van der Waals surface area contributed by atoms with Crippen LogP contribution in [0.15, 0.2) is 48.5 Å². The normalized spacial score (nSPS) is 15.2. The van der Waals surface area contributed by atoms with Crippen LogP contribution in [0, 0.1) is 5.92 Å². The summed E-state index contributed by atoms with van der Waals surface area (Å²) in [6, 6.07) is 14.8. The number of amides is 1. The molecule has 3 N–H and O–H groups in total. The Morgan fingerprint density at radius 3 is 2.48 bits per heavy atom. The molecule has 0 fully saturated rings. The summed E-state index contributed by atoms with van der Waals surface area (Å²) < 4.78 is 0. The molecule has 0 radical (unpaired) electrons. The summed E-state index contributed by atoms with van der Waals surface area (Å²) in [5, 5.41) is 22.3. The molecular formula is C19H21NO3. The molecule has 4 heteroatoms. The van der Waals surface area contributed by atoms with E-state index in [0.717, 1.165) is 12.8 Å². The zero-order chi connectivity index (χ0) is 16.2. The maximum absolute atomic E-state index is 12.1. The lowest BCUT2D eigenvalue weighted by Crippen LogP contribution is -2.30. The summed E-state index contributed by atoms with van der Waals surface area (Å²) in [7, 11) is 0. The van der Waals surface area contributed by atoms with Crippen molar-refractivity contribution in [1.29, 1.82) is 0 Å². The first-order chi connectivity index (χ1) is 11.1. The molecule has 0 saturated carbocycles. The predicted octanol–water partition coefficient (Wildman–Crippen LogP) is 2.35. The van der Waals surface area contributed by atoms with Crippen LogP contribution in [0.2, 0.25) is 0 Å². The van der Waals surface area contributed by atoms with E-state index in [9.17, 15) is 15.0 Å². The van der Waals surface area contributed by atoms with Gasteiger partial charge >= 0.3 is 0 Å². The number of nitrogens with one attached hydrogen (secondary N) is 1. The zero-order valence-electron chi connectivity index (χ0n) is 12.9. The predicted molar refractivity (Wildman–Crippen MR) is 88.0 cm³/mol. The van der Waals surface area contributed by atoms with E-state index in [1.165, 1.54) is 17.2 Å². The Labute approximate surface area is 135 Å². The standard InChI is InChI=1S/C19H21NO3/c21-17-7-3-6-16(11-17)18(22)12-20-19(23)10-13-8-14-4-1-2-5-15(14)9-13/h1-7,11,13,18,21-22H,8-10,12H2,(H,20,23). The van der Waals surface area contributed by atoms with Crippen LogP contribution in [0.4, 0.5) is 0 Å². The van der Waals surface area contributed by atoms with Gasteiger partial charge in [-0.15, -0.1) is 0 Å². The largest absolute Gasteiger partial charge is 0.508 e. The van der Waals surface area contributed by atoms with Crippen molar-refractivity contribution in [2.45, 2.75) is 25.4 Å². The number of benzene rings is 2. The van der Waals surface area contributed by atoms with E-state index < -0.39 is 6.10 Å². The number of aliphatic hydroxyl groups is 1. The third-order valence-corrected chi connectivity index (χ3v) is 4.36. The van der Waals surface area contributed by atoms with Crippen LogP contribution in [-0.4, -0.2) is 22.7 Å². The van der Waals surface area contributed by atoms with Gasteiger partial charge in [0.1, 0.15) is 5.75 Å². The molecule has 3 rings (SSSR count). The Balaban J connectivity index is 1.47. The van der Waals surface area contributed by atoms with Gasteiger partial charge in [-0.25, -0.2) is 0 Å². The molecule has 1 unspecified atom stereocenters. The number of aromatic hydroxyl groups is 1. The molecule has 1 atom stereocenters. The number of carbonyl (C=O) groups excluding carboxylic acids is 1. The molecule has 120 valence electrons. The smallest absolute Gasteiger partial charge is 0.220 e. The highest BCUT2D eigenvalue weighted by Crippen LogP contribution is 2.28. The molecule has 0 spiro atoms. The third kappa shape index (κ3) is 3.90. The third-order valence-electron chi connectivity index (χ3n) is 4.36. The first-order valence-electron chi connectivity index (χ1n) is 7.92. The van der Waals surface area contributed by atoms with Gasteiger partial charge in [-0.1, -0.05) is 36.4 Å². The number of carbonyl (C=O) groups is 1. The molecule has 1 aliphatic rings. The van der Waals surface area contributed by atoms with Crippen LogP contribution in [0.25, 0.3) is 0 Å². The second-order valence-electron chi connectivity index (χ2n) is 6.16. The zero-order valence-corrected chi connectivity index (χ0v) is 12.9. The number of phenolic OH excluding ortho intramolecular Hbond substituents is 1. The molecule has 0 aromatic heterocycles. The number of fused-ring (bicyclic) bond motifs is 1. The van der Waals surface area contributed by atoms with Gasteiger partial charge in [0.05, 0.1) is 6.10 Å². The Morgan fingerprint density at radius 1 is 1.13 bits per heavy atom. The molecule has 1 amide bonds. The van der Waals surface area contributed by atoms with E-state index in [-0.39, 0.29) is 18.2 Å². The summed E-state index contributed by atoms with van der Waals surface area (Å²) >= 11 is 0. The molecule has 0 saturated heterocycles. The van der Waals surface area contributed by atoms with Crippen molar-refractivity contribution in [3.8, 4) is 5.75 Å². The lowest BCUT2D eigenvalue weighted by Gasteiger charge is -2.14. The van der Waals surface area contributed by atoms with Crippen LogP contribution < -0.4 is 5.32 Å². The summed E-state index contributed by atoms with van der Waals surface area (Å²) in [6.45, 7) is 0.155. The van der Waals surface area contributed by atoms with Crippen molar-refractivity contribution >= 4 is 5.91 Å². The summed E-state index contributed by atoms with van der Waals surface area (Å²) in [5.41, 5.74) is 3.27. The summed E-state index contributed by atoms with van der Waals surface area (Å²) in [4.78, 5) is 12.1. The fraction of sp³-hybridized carbons (Fsp3) is 0.316. The average Bonchev–Trinajstić information content (AvgIpc) is 2.94. The fourth-order valence-corrected chi connectivity index (χ4v) is 3.19. The van der Waals surface area contributed by atoms with Gasteiger partial charge in [0, 0.05) is 13.0 Å². The second kappa shape index (κ2) is 6.84. The van der Waals surface area contributed by atoms with Crippen LogP contribution in [0.5, 0.6) is 5.75 Å². The number of rotatable bonds is 5. The first-order valence-corrected chi connectivity index (χ1v) is 7.92. The van der Waals surface area contributed by atoms with E-state index >= 15 is 0 Å². The monoisotopic (exact) mass is 311 g/mol. The molecule has 0 bridgehead atoms. The molecule has 0 heterocycles. The fourth-order valence-electron chi connectivity index (χ4n) is 3.19. The van der Waals surface area contributed by atoms with Gasteiger partial charge in [-0.05, 0) is 47.6 Å². The topological polar surface area (TPSA) is 69.6 Å². The molecule has 2 aromatic rings. The van der Waals surface area contributed by atoms with E-state index in [2.05, 4.69) is 17.4 Å². The summed E-state index contributed by atoms with van der Waals surface area (Å²) in [5.74, 6) is 0.406. The average molecular weight is 311 g/mol. The highest BCUT2D eigenvalue weighted by Gasteiger charge is 2.23. The van der Waals surface area contributed by atoms with Gasteiger partial charge < -0.3 is 15.5 Å². The van der Waals surface area contributed by atoms with Gasteiger partial charge in [0.2, 0.25) is 5.91 Å². The molecule has 2 aromatic carbocycles. The van der Waals surface area contributed by atoms with Gasteiger partial charge in [-0.3, -0.25) is 4.79 Å². The molecular weight excluding hydrogens is 290 g/mol. The number of phenols is 1. The first kappa shape index (κ1) is 15.6. The Morgan fingerprint density at radius 2 is 1.83 bits per heavy atom. The van der Waals surface area contributed by atoms with Crippen LogP contribution in [0.3, 0.4) is 0 Å². The van der Waals surface area contributed by atoms with Gasteiger partial charge in [0.15, 0.2) is 0 Å². The van der Waals surface area contributed by atoms with Crippen molar-refractivity contribution in [3.05, 3.63) is 65.2 Å². The van der Waals surface area contributed by atoms with Gasteiger partial charge in [-0.2, -0.15) is 0 Å². The minimum Gasteiger partial charge on any atom is -0.508 e. The molecule has 0 aliphatic heterocycles. The Bertz CT molecular complexity index is 674.